The largest absolute Gasteiger partial charge is 0.310 e. The van der Waals surface area contributed by atoms with Crippen LogP contribution in [0, 0.1) is 5.82 Å². The molecule has 0 aliphatic carbocycles. The first-order chi connectivity index (χ1) is 13.6. The topological polar surface area (TPSA) is 47.8 Å². The van der Waals surface area contributed by atoms with Gasteiger partial charge in [-0.15, -0.1) is 0 Å². The Balaban J connectivity index is 1.95. The highest BCUT2D eigenvalue weighted by molar-refractivity contribution is 7.98. The summed E-state index contributed by atoms with van der Waals surface area (Å²) in [5.74, 6) is -0.414. The van der Waals surface area contributed by atoms with E-state index in [-0.39, 0.29) is 17.1 Å². The van der Waals surface area contributed by atoms with Crippen LogP contribution in [0.3, 0.4) is 0 Å². The predicted molar refractivity (Wildman–Crippen MR) is 112 cm³/mol. The Kier molecular flexibility index (Phi) is 5.15. The second-order valence-electron chi connectivity index (χ2n) is 6.20. The lowest BCUT2D eigenvalue weighted by molar-refractivity contribution is 0.626. The molecule has 4 aromatic rings. The van der Waals surface area contributed by atoms with Gasteiger partial charge in [0.1, 0.15) is 5.82 Å². The van der Waals surface area contributed by atoms with Gasteiger partial charge in [-0.25, -0.2) is 14.4 Å². The van der Waals surface area contributed by atoms with Crippen molar-refractivity contribution in [2.24, 2.45) is 0 Å². The van der Waals surface area contributed by atoms with E-state index < -0.39 is 5.82 Å². The molecule has 7 heteroatoms. The lowest BCUT2D eigenvalue weighted by atomic mass is 10.0. The summed E-state index contributed by atoms with van der Waals surface area (Å²) in [4.78, 5) is 21.9. The van der Waals surface area contributed by atoms with Gasteiger partial charge in [0, 0.05) is 23.0 Å². The average Bonchev–Trinajstić information content (AvgIpc) is 2.72. The third-order valence-corrected chi connectivity index (χ3v) is 5.33. The van der Waals surface area contributed by atoms with Gasteiger partial charge in [0.15, 0.2) is 5.16 Å². The molecular weight excluding hydrogens is 397 g/mol. The van der Waals surface area contributed by atoms with E-state index in [0.717, 1.165) is 11.1 Å². The molecule has 0 spiro atoms. The molecule has 4 rings (SSSR count). The van der Waals surface area contributed by atoms with Crippen molar-refractivity contribution < 1.29 is 4.39 Å². The molecule has 0 N–H and O–H groups in total. The van der Waals surface area contributed by atoms with Crippen molar-refractivity contribution in [2.75, 3.05) is 6.26 Å². The zero-order valence-electron chi connectivity index (χ0n) is 14.9. The maximum atomic E-state index is 13.4. The molecule has 28 heavy (non-hydrogen) atoms. The molecule has 0 radical (unpaired) electrons. The third-order valence-electron chi connectivity index (χ3n) is 4.42. The summed E-state index contributed by atoms with van der Waals surface area (Å²) in [6.07, 6.45) is 5.23. The fourth-order valence-electron chi connectivity index (χ4n) is 3.04. The highest BCUT2D eigenvalue weighted by Gasteiger charge is 2.14. The molecule has 2 aromatic heterocycles. The van der Waals surface area contributed by atoms with E-state index in [0.29, 0.717) is 21.6 Å². The van der Waals surface area contributed by atoms with Crippen molar-refractivity contribution in [1.29, 1.82) is 0 Å². The van der Waals surface area contributed by atoms with Gasteiger partial charge in [-0.3, -0.25) is 4.79 Å². The summed E-state index contributed by atoms with van der Waals surface area (Å²) in [6, 6.07) is 13.9. The number of aromatic nitrogens is 3. The van der Waals surface area contributed by atoms with Crippen LogP contribution in [0.2, 0.25) is 5.02 Å². The van der Waals surface area contributed by atoms with E-state index in [1.54, 1.807) is 23.0 Å². The Bertz CT molecular complexity index is 1230. The minimum Gasteiger partial charge on any atom is -0.310 e. The number of fused-ring (bicyclic) bond motifs is 1. The van der Waals surface area contributed by atoms with Gasteiger partial charge < -0.3 is 4.57 Å². The van der Waals surface area contributed by atoms with Gasteiger partial charge in [-0.05, 0) is 29.5 Å². The zero-order valence-corrected chi connectivity index (χ0v) is 16.5. The van der Waals surface area contributed by atoms with E-state index in [1.165, 1.54) is 23.9 Å². The second-order valence-corrected chi connectivity index (χ2v) is 7.38. The first-order valence-electron chi connectivity index (χ1n) is 8.50. The lowest BCUT2D eigenvalue weighted by Gasteiger charge is -2.13. The summed E-state index contributed by atoms with van der Waals surface area (Å²) < 4.78 is 14.9. The highest BCUT2D eigenvalue weighted by atomic mass is 35.5. The Morgan fingerprint density at radius 1 is 1.18 bits per heavy atom. The summed E-state index contributed by atoms with van der Waals surface area (Å²) in [7, 11) is 0. The van der Waals surface area contributed by atoms with E-state index in [4.69, 9.17) is 11.6 Å². The highest BCUT2D eigenvalue weighted by Crippen LogP contribution is 2.27. The zero-order chi connectivity index (χ0) is 19.7. The molecule has 0 atom stereocenters. The van der Waals surface area contributed by atoms with Crippen LogP contribution in [-0.4, -0.2) is 20.8 Å². The van der Waals surface area contributed by atoms with Gasteiger partial charge >= 0.3 is 0 Å². The van der Waals surface area contributed by atoms with Crippen molar-refractivity contribution in [1.82, 2.24) is 14.5 Å². The number of thioether (sulfide) groups is 1. The van der Waals surface area contributed by atoms with Crippen LogP contribution in [0.5, 0.6) is 0 Å². The first kappa shape index (κ1) is 18.7. The van der Waals surface area contributed by atoms with Gasteiger partial charge in [0.25, 0.3) is 5.56 Å². The molecule has 0 fully saturated rings. The van der Waals surface area contributed by atoms with Crippen molar-refractivity contribution >= 4 is 34.3 Å². The normalized spacial score (nSPS) is 11.1. The predicted octanol–water partition coefficient (Wildman–Crippen LogP) is 5.02. The molecule has 0 saturated carbocycles. The van der Waals surface area contributed by atoms with Crippen molar-refractivity contribution in [3.63, 3.8) is 0 Å². The van der Waals surface area contributed by atoms with Crippen LogP contribution < -0.4 is 5.56 Å². The smallest absolute Gasteiger partial charge is 0.261 e. The summed E-state index contributed by atoms with van der Waals surface area (Å²) >= 11 is 7.58. The number of halogens is 2. The van der Waals surface area contributed by atoms with Gasteiger partial charge in [0.2, 0.25) is 0 Å². The number of benzene rings is 2. The van der Waals surface area contributed by atoms with E-state index in [2.05, 4.69) is 9.97 Å². The summed E-state index contributed by atoms with van der Waals surface area (Å²) in [5.41, 5.74) is 2.81. The maximum absolute atomic E-state index is 13.4. The molecule has 0 aliphatic rings. The monoisotopic (exact) mass is 411 g/mol. The van der Waals surface area contributed by atoms with E-state index in [1.807, 2.05) is 36.6 Å². The van der Waals surface area contributed by atoms with Crippen LogP contribution in [0.25, 0.3) is 22.0 Å². The molecule has 140 valence electrons. The minimum atomic E-state index is -0.414. The number of nitrogens with zero attached hydrogens (tertiary/aromatic N) is 3. The quantitative estimate of drug-likeness (QED) is 0.349. The molecule has 2 heterocycles. The van der Waals surface area contributed by atoms with E-state index >= 15 is 0 Å². The molecule has 0 amide bonds. The molecule has 2 aromatic carbocycles. The van der Waals surface area contributed by atoms with Gasteiger partial charge in [-0.2, -0.15) is 0 Å². The van der Waals surface area contributed by atoms with Gasteiger partial charge in [-0.1, -0.05) is 59.8 Å². The van der Waals surface area contributed by atoms with Crippen LogP contribution in [-0.2, 0) is 6.54 Å². The van der Waals surface area contributed by atoms with Crippen molar-refractivity contribution in [2.45, 2.75) is 11.7 Å². The molecular formula is C21H15ClFN3OS. The molecule has 4 nitrogen and oxygen atoms in total. The SMILES string of the molecule is CSc1ncc2c(=O)n(Cc3ccc(F)cc3Cl)cc(-c3ccccc3)c2n1. The Labute approximate surface area is 170 Å². The summed E-state index contributed by atoms with van der Waals surface area (Å²) in [5, 5.41) is 1.31. The number of hydrogen-bond donors (Lipinski definition) is 0. The first-order valence-corrected chi connectivity index (χ1v) is 10.1. The maximum Gasteiger partial charge on any atom is 0.261 e. The van der Waals surface area contributed by atoms with Crippen LogP contribution in [0.1, 0.15) is 5.56 Å². The van der Waals surface area contributed by atoms with Crippen molar-refractivity contribution in [3.8, 4) is 11.1 Å². The average molecular weight is 412 g/mol. The molecule has 0 bridgehead atoms. The Morgan fingerprint density at radius 2 is 1.96 bits per heavy atom. The van der Waals surface area contributed by atoms with Gasteiger partial charge in [0.05, 0.1) is 17.4 Å². The molecule has 0 unspecified atom stereocenters. The second kappa shape index (κ2) is 7.73. The Hall–Kier alpha value is -2.70. The minimum absolute atomic E-state index is 0.220. The fourth-order valence-corrected chi connectivity index (χ4v) is 3.60. The third kappa shape index (κ3) is 3.53. The number of hydrogen-bond acceptors (Lipinski definition) is 4. The van der Waals surface area contributed by atoms with E-state index in [9.17, 15) is 9.18 Å². The van der Waals surface area contributed by atoms with Crippen LogP contribution >= 0.6 is 23.4 Å². The fraction of sp³-hybridized carbons (Fsp3) is 0.0952. The van der Waals surface area contributed by atoms with Crippen molar-refractivity contribution in [3.05, 3.63) is 87.7 Å². The number of pyridine rings is 1. The molecule has 0 aliphatic heterocycles. The summed E-state index contributed by atoms with van der Waals surface area (Å²) in [6.45, 7) is 0.220. The van der Waals surface area contributed by atoms with Crippen LogP contribution in [0.4, 0.5) is 4.39 Å². The molecule has 0 saturated heterocycles. The lowest BCUT2D eigenvalue weighted by Crippen LogP contribution is -2.21. The standard InChI is InChI=1S/C21H15ClFN3OS/c1-28-21-24-10-16-19(25-21)17(13-5-3-2-4-6-13)12-26(20(16)27)11-14-7-8-15(23)9-18(14)22/h2-10,12H,11H2,1H3. The van der Waals surface area contributed by atoms with Crippen LogP contribution in [0.15, 0.2) is 70.9 Å². The Morgan fingerprint density at radius 3 is 2.68 bits per heavy atom. The number of rotatable bonds is 4.